The minimum Gasteiger partial charge on any atom is -0.508 e. The standard InChI is InChI=1S/C14H18O2/c1-2-3-4-5-13(11-15)10-12-6-8-14(16)9-7-12/h6-11,16H,2-5H2,1H3/b13-10+. The van der Waals surface area contributed by atoms with E-state index in [9.17, 15) is 4.79 Å². The molecule has 1 aromatic carbocycles. The van der Waals surface area contributed by atoms with E-state index >= 15 is 0 Å². The van der Waals surface area contributed by atoms with Gasteiger partial charge < -0.3 is 5.11 Å². The van der Waals surface area contributed by atoms with Crippen LogP contribution in [0.4, 0.5) is 0 Å². The summed E-state index contributed by atoms with van der Waals surface area (Å²) in [6.45, 7) is 2.14. The van der Waals surface area contributed by atoms with Crippen LogP contribution in [0, 0.1) is 0 Å². The Balaban J connectivity index is 2.64. The maximum Gasteiger partial charge on any atom is 0.146 e. The third kappa shape index (κ3) is 4.30. The van der Waals surface area contributed by atoms with Gasteiger partial charge in [0.25, 0.3) is 0 Å². The average molecular weight is 218 g/mol. The Kier molecular flexibility index (Phi) is 5.34. The zero-order valence-corrected chi connectivity index (χ0v) is 9.65. The second-order valence-corrected chi connectivity index (χ2v) is 3.89. The van der Waals surface area contributed by atoms with Crippen molar-refractivity contribution in [3.05, 3.63) is 35.4 Å². The second kappa shape index (κ2) is 6.83. The van der Waals surface area contributed by atoms with Gasteiger partial charge in [-0.15, -0.1) is 0 Å². The molecule has 0 atom stereocenters. The lowest BCUT2D eigenvalue weighted by Crippen LogP contribution is -1.86. The van der Waals surface area contributed by atoms with Crippen molar-refractivity contribution in [3.8, 4) is 5.75 Å². The summed E-state index contributed by atoms with van der Waals surface area (Å²) in [5.74, 6) is 0.246. The number of hydrogen-bond donors (Lipinski definition) is 1. The van der Waals surface area contributed by atoms with Gasteiger partial charge >= 0.3 is 0 Å². The van der Waals surface area contributed by atoms with Crippen LogP contribution in [-0.4, -0.2) is 11.4 Å². The SMILES string of the molecule is CCCCC/C(C=O)=C\c1ccc(O)cc1. The summed E-state index contributed by atoms with van der Waals surface area (Å²) in [6, 6.07) is 6.86. The molecule has 1 N–H and O–H groups in total. The highest BCUT2D eigenvalue weighted by atomic mass is 16.3. The average Bonchev–Trinajstić information content (AvgIpc) is 2.31. The number of allylic oxidation sites excluding steroid dienone is 1. The van der Waals surface area contributed by atoms with Crippen LogP contribution in [0.1, 0.15) is 38.2 Å². The van der Waals surface area contributed by atoms with Crippen molar-refractivity contribution in [3.63, 3.8) is 0 Å². The predicted octanol–water partition coefficient (Wildman–Crippen LogP) is 3.55. The van der Waals surface area contributed by atoms with Crippen molar-refractivity contribution in [2.45, 2.75) is 32.6 Å². The number of unbranched alkanes of at least 4 members (excludes halogenated alkanes) is 2. The first kappa shape index (κ1) is 12.5. The molecule has 0 aliphatic heterocycles. The first-order valence-electron chi connectivity index (χ1n) is 5.71. The maximum absolute atomic E-state index is 10.9. The molecule has 0 saturated heterocycles. The van der Waals surface area contributed by atoms with Gasteiger partial charge in [-0.25, -0.2) is 0 Å². The van der Waals surface area contributed by atoms with Crippen molar-refractivity contribution in [2.24, 2.45) is 0 Å². The van der Waals surface area contributed by atoms with Crippen LogP contribution in [0.3, 0.4) is 0 Å². The number of phenols is 1. The molecule has 1 rings (SSSR count). The van der Waals surface area contributed by atoms with E-state index in [4.69, 9.17) is 5.11 Å². The monoisotopic (exact) mass is 218 g/mol. The Labute approximate surface area is 96.6 Å². The van der Waals surface area contributed by atoms with E-state index in [0.29, 0.717) is 0 Å². The van der Waals surface area contributed by atoms with E-state index in [2.05, 4.69) is 6.92 Å². The van der Waals surface area contributed by atoms with Gasteiger partial charge in [-0.1, -0.05) is 31.9 Å². The van der Waals surface area contributed by atoms with Crippen molar-refractivity contribution in [2.75, 3.05) is 0 Å². The normalized spacial score (nSPS) is 11.4. The summed E-state index contributed by atoms with van der Waals surface area (Å²) in [4.78, 5) is 10.9. The van der Waals surface area contributed by atoms with Gasteiger partial charge in [0.15, 0.2) is 0 Å². The molecule has 0 fully saturated rings. The molecule has 0 aliphatic carbocycles. The molecule has 0 saturated carbocycles. The van der Waals surface area contributed by atoms with Gasteiger partial charge in [0.05, 0.1) is 0 Å². The molecule has 86 valence electrons. The van der Waals surface area contributed by atoms with E-state index in [-0.39, 0.29) is 5.75 Å². The fraction of sp³-hybridized carbons (Fsp3) is 0.357. The molecule has 1 aromatic rings. The van der Waals surface area contributed by atoms with Gasteiger partial charge in [-0.3, -0.25) is 4.79 Å². The van der Waals surface area contributed by atoms with Gasteiger partial charge in [-0.05, 0) is 42.2 Å². The highest BCUT2D eigenvalue weighted by Gasteiger charge is 1.97. The Bertz CT molecular complexity index is 350. The quantitative estimate of drug-likeness (QED) is 0.450. The predicted molar refractivity (Wildman–Crippen MR) is 66.3 cm³/mol. The minimum atomic E-state index is 0.246. The lowest BCUT2D eigenvalue weighted by atomic mass is 10.1. The van der Waals surface area contributed by atoms with Gasteiger partial charge in [0.1, 0.15) is 12.0 Å². The second-order valence-electron chi connectivity index (χ2n) is 3.89. The van der Waals surface area contributed by atoms with Crippen LogP contribution in [-0.2, 0) is 4.79 Å². The summed E-state index contributed by atoms with van der Waals surface area (Å²) >= 11 is 0. The number of carbonyl (C=O) groups is 1. The van der Waals surface area contributed by atoms with E-state index < -0.39 is 0 Å². The molecule has 0 aliphatic rings. The summed E-state index contributed by atoms with van der Waals surface area (Å²) in [7, 11) is 0. The molecule has 0 aromatic heterocycles. The Morgan fingerprint density at radius 3 is 2.50 bits per heavy atom. The lowest BCUT2D eigenvalue weighted by molar-refractivity contribution is -0.105. The summed E-state index contributed by atoms with van der Waals surface area (Å²) in [5.41, 5.74) is 1.77. The summed E-state index contributed by atoms with van der Waals surface area (Å²) < 4.78 is 0. The number of benzene rings is 1. The molecule has 2 nitrogen and oxygen atoms in total. The Morgan fingerprint density at radius 2 is 1.94 bits per heavy atom. The number of rotatable bonds is 6. The Hall–Kier alpha value is -1.57. The molecular formula is C14H18O2. The van der Waals surface area contributed by atoms with Crippen molar-refractivity contribution in [1.29, 1.82) is 0 Å². The number of hydrogen-bond acceptors (Lipinski definition) is 2. The number of aromatic hydroxyl groups is 1. The number of carbonyl (C=O) groups excluding carboxylic acids is 1. The molecule has 2 heteroatoms. The molecule has 0 bridgehead atoms. The van der Waals surface area contributed by atoms with Crippen molar-refractivity contribution in [1.82, 2.24) is 0 Å². The van der Waals surface area contributed by atoms with Crippen LogP contribution >= 0.6 is 0 Å². The maximum atomic E-state index is 10.9. The molecule has 16 heavy (non-hydrogen) atoms. The molecule has 0 heterocycles. The highest BCUT2D eigenvalue weighted by molar-refractivity contribution is 5.81. The highest BCUT2D eigenvalue weighted by Crippen LogP contribution is 2.15. The zero-order chi connectivity index (χ0) is 11.8. The van der Waals surface area contributed by atoms with Gasteiger partial charge in [0, 0.05) is 0 Å². The summed E-state index contributed by atoms with van der Waals surface area (Å²) in [5, 5.41) is 9.13. The van der Waals surface area contributed by atoms with Crippen molar-refractivity contribution < 1.29 is 9.90 Å². The van der Waals surface area contributed by atoms with Crippen LogP contribution in [0.25, 0.3) is 6.08 Å². The summed E-state index contributed by atoms with van der Waals surface area (Å²) in [6.07, 6.45) is 6.99. The topological polar surface area (TPSA) is 37.3 Å². The first-order valence-corrected chi connectivity index (χ1v) is 5.71. The van der Waals surface area contributed by atoms with E-state index in [1.807, 2.05) is 6.08 Å². The molecular weight excluding hydrogens is 200 g/mol. The van der Waals surface area contributed by atoms with E-state index in [1.54, 1.807) is 24.3 Å². The number of phenolic OH excluding ortho intramolecular Hbond substituents is 1. The smallest absolute Gasteiger partial charge is 0.146 e. The molecule has 0 unspecified atom stereocenters. The third-order valence-corrected chi connectivity index (χ3v) is 2.47. The largest absolute Gasteiger partial charge is 0.508 e. The van der Waals surface area contributed by atoms with E-state index in [0.717, 1.165) is 43.1 Å². The fourth-order valence-corrected chi connectivity index (χ4v) is 1.53. The van der Waals surface area contributed by atoms with E-state index in [1.165, 1.54) is 0 Å². The van der Waals surface area contributed by atoms with Gasteiger partial charge in [-0.2, -0.15) is 0 Å². The fourth-order valence-electron chi connectivity index (χ4n) is 1.53. The zero-order valence-electron chi connectivity index (χ0n) is 9.65. The molecule has 0 amide bonds. The van der Waals surface area contributed by atoms with Crippen molar-refractivity contribution >= 4 is 12.4 Å². The van der Waals surface area contributed by atoms with Crippen LogP contribution in [0.5, 0.6) is 5.75 Å². The lowest BCUT2D eigenvalue weighted by Gasteiger charge is -2.00. The Morgan fingerprint density at radius 1 is 1.25 bits per heavy atom. The number of aldehydes is 1. The van der Waals surface area contributed by atoms with Crippen LogP contribution in [0.15, 0.2) is 29.8 Å². The first-order chi connectivity index (χ1) is 7.76. The molecule has 0 radical (unpaired) electrons. The van der Waals surface area contributed by atoms with Crippen LogP contribution < -0.4 is 0 Å². The molecule has 0 spiro atoms. The van der Waals surface area contributed by atoms with Gasteiger partial charge in [0.2, 0.25) is 0 Å². The van der Waals surface area contributed by atoms with Crippen LogP contribution in [0.2, 0.25) is 0 Å². The third-order valence-electron chi connectivity index (χ3n) is 2.47. The minimum absolute atomic E-state index is 0.246.